The Morgan fingerprint density at radius 1 is 1.22 bits per heavy atom. The molecule has 0 aliphatic heterocycles. The number of aromatic nitrogens is 3. The summed E-state index contributed by atoms with van der Waals surface area (Å²) in [6, 6.07) is 4.44. The van der Waals surface area contributed by atoms with Gasteiger partial charge in [-0.3, -0.25) is 0 Å². The van der Waals surface area contributed by atoms with Crippen molar-refractivity contribution in [1.29, 1.82) is 0 Å². The van der Waals surface area contributed by atoms with Gasteiger partial charge in [-0.1, -0.05) is 18.9 Å². The lowest BCUT2D eigenvalue weighted by atomic mass is 10.2. The van der Waals surface area contributed by atoms with Gasteiger partial charge in [0.15, 0.2) is 5.82 Å². The Hall–Kier alpha value is -1.69. The molecular weight excluding hydrogens is 246 g/mol. The van der Waals surface area contributed by atoms with Gasteiger partial charge in [-0.2, -0.15) is 15.0 Å². The minimum absolute atomic E-state index is 0.272. The first-order chi connectivity index (χ1) is 8.81. The fraction of sp³-hybridized carbons (Fsp3) is 0.417. The van der Waals surface area contributed by atoms with E-state index in [1.807, 2.05) is 17.5 Å². The first-order valence-corrected chi connectivity index (χ1v) is 7.01. The molecule has 1 fully saturated rings. The topological polar surface area (TPSA) is 76.7 Å². The zero-order chi connectivity index (χ0) is 12.4. The van der Waals surface area contributed by atoms with Gasteiger partial charge in [-0.15, -0.1) is 11.3 Å². The summed E-state index contributed by atoms with van der Waals surface area (Å²) in [4.78, 5) is 13.8. The molecule has 1 aliphatic carbocycles. The van der Waals surface area contributed by atoms with Crippen LogP contribution >= 0.6 is 11.3 Å². The Balaban J connectivity index is 1.86. The van der Waals surface area contributed by atoms with E-state index < -0.39 is 0 Å². The van der Waals surface area contributed by atoms with E-state index in [9.17, 15) is 0 Å². The molecule has 0 atom stereocenters. The summed E-state index contributed by atoms with van der Waals surface area (Å²) in [7, 11) is 0. The van der Waals surface area contributed by atoms with Gasteiger partial charge >= 0.3 is 0 Å². The Labute approximate surface area is 109 Å². The maximum absolute atomic E-state index is 5.74. The van der Waals surface area contributed by atoms with Crippen LogP contribution in [0.1, 0.15) is 25.7 Å². The van der Waals surface area contributed by atoms with Crippen molar-refractivity contribution in [3.63, 3.8) is 0 Å². The average molecular weight is 261 g/mol. The first kappa shape index (κ1) is 11.4. The third kappa shape index (κ3) is 2.43. The Morgan fingerprint density at radius 2 is 2.06 bits per heavy atom. The maximum atomic E-state index is 5.74. The smallest absolute Gasteiger partial charge is 0.228 e. The lowest BCUT2D eigenvalue weighted by molar-refractivity contribution is 0.743. The minimum atomic E-state index is 0.272. The van der Waals surface area contributed by atoms with Crippen molar-refractivity contribution in [1.82, 2.24) is 15.0 Å². The highest BCUT2D eigenvalue weighted by atomic mass is 32.1. The number of nitrogens with two attached hydrogens (primary N) is 1. The van der Waals surface area contributed by atoms with Gasteiger partial charge in [0, 0.05) is 6.04 Å². The second kappa shape index (κ2) is 4.89. The van der Waals surface area contributed by atoms with Gasteiger partial charge in [0.25, 0.3) is 0 Å². The number of anilines is 2. The highest BCUT2D eigenvalue weighted by Crippen LogP contribution is 2.24. The molecule has 0 saturated heterocycles. The van der Waals surface area contributed by atoms with E-state index in [-0.39, 0.29) is 5.95 Å². The molecule has 94 valence electrons. The fourth-order valence-corrected chi connectivity index (χ4v) is 2.88. The maximum Gasteiger partial charge on any atom is 0.228 e. The summed E-state index contributed by atoms with van der Waals surface area (Å²) < 4.78 is 0. The number of hydrogen-bond acceptors (Lipinski definition) is 6. The number of hydrogen-bond donors (Lipinski definition) is 2. The molecule has 18 heavy (non-hydrogen) atoms. The van der Waals surface area contributed by atoms with Crippen LogP contribution in [0, 0.1) is 0 Å². The van der Waals surface area contributed by atoms with E-state index in [0.29, 0.717) is 17.8 Å². The fourth-order valence-electron chi connectivity index (χ4n) is 2.23. The van der Waals surface area contributed by atoms with Crippen molar-refractivity contribution < 1.29 is 0 Å². The second-order valence-electron chi connectivity index (χ2n) is 4.44. The third-order valence-corrected chi connectivity index (χ3v) is 3.95. The molecule has 2 heterocycles. The molecule has 6 heteroatoms. The second-order valence-corrected chi connectivity index (χ2v) is 5.39. The normalized spacial score (nSPS) is 16.0. The number of rotatable bonds is 3. The molecular formula is C12H15N5S. The predicted octanol–water partition coefficient (Wildman–Crippen LogP) is 2.54. The van der Waals surface area contributed by atoms with Crippen LogP contribution in [0.3, 0.4) is 0 Å². The quantitative estimate of drug-likeness (QED) is 0.887. The van der Waals surface area contributed by atoms with Gasteiger partial charge in [-0.05, 0) is 24.3 Å². The Bertz CT molecular complexity index is 519. The Morgan fingerprint density at radius 3 is 2.78 bits per heavy atom. The molecule has 0 bridgehead atoms. The van der Waals surface area contributed by atoms with Gasteiger partial charge in [0.1, 0.15) is 0 Å². The summed E-state index contributed by atoms with van der Waals surface area (Å²) in [6.07, 6.45) is 4.91. The monoisotopic (exact) mass is 261 g/mol. The largest absolute Gasteiger partial charge is 0.368 e. The van der Waals surface area contributed by atoms with Gasteiger partial charge in [-0.25, -0.2) is 0 Å². The number of nitrogens with one attached hydrogen (secondary N) is 1. The van der Waals surface area contributed by atoms with E-state index >= 15 is 0 Å². The van der Waals surface area contributed by atoms with Crippen LogP contribution in [0.25, 0.3) is 10.7 Å². The number of nitrogen functional groups attached to an aromatic ring is 1. The van der Waals surface area contributed by atoms with Gasteiger partial charge in [0.2, 0.25) is 11.9 Å². The van der Waals surface area contributed by atoms with Crippen LogP contribution in [-0.4, -0.2) is 21.0 Å². The molecule has 0 spiro atoms. The summed E-state index contributed by atoms with van der Waals surface area (Å²) in [5.74, 6) is 1.52. The van der Waals surface area contributed by atoms with E-state index in [2.05, 4.69) is 20.3 Å². The number of thiophene rings is 1. The number of nitrogens with zero attached hydrogens (tertiary/aromatic N) is 3. The highest BCUT2D eigenvalue weighted by Gasteiger charge is 2.16. The van der Waals surface area contributed by atoms with Crippen LogP contribution in [0.4, 0.5) is 11.9 Å². The minimum Gasteiger partial charge on any atom is -0.368 e. The molecule has 1 aliphatic rings. The van der Waals surface area contributed by atoms with Crippen molar-refractivity contribution in [3.8, 4) is 10.7 Å². The predicted molar refractivity (Wildman–Crippen MR) is 73.4 cm³/mol. The zero-order valence-corrected chi connectivity index (χ0v) is 10.8. The lowest BCUT2D eigenvalue weighted by Crippen LogP contribution is -2.17. The van der Waals surface area contributed by atoms with Crippen molar-refractivity contribution in [2.45, 2.75) is 31.7 Å². The molecule has 0 radical (unpaired) electrons. The summed E-state index contributed by atoms with van der Waals surface area (Å²) >= 11 is 1.60. The van der Waals surface area contributed by atoms with Crippen LogP contribution in [0.5, 0.6) is 0 Å². The van der Waals surface area contributed by atoms with Crippen molar-refractivity contribution in [2.24, 2.45) is 0 Å². The lowest BCUT2D eigenvalue weighted by Gasteiger charge is -2.12. The molecule has 1 saturated carbocycles. The van der Waals surface area contributed by atoms with Crippen LogP contribution in [0.15, 0.2) is 17.5 Å². The van der Waals surface area contributed by atoms with Gasteiger partial charge < -0.3 is 11.1 Å². The molecule has 3 N–H and O–H groups in total. The molecule has 0 unspecified atom stereocenters. The van der Waals surface area contributed by atoms with E-state index in [1.165, 1.54) is 25.7 Å². The molecule has 5 nitrogen and oxygen atoms in total. The van der Waals surface area contributed by atoms with E-state index in [1.54, 1.807) is 11.3 Å². The highest BCUT2D eigenvalue weighted by molar-refractivity contribution is 7.13. The molecule has 2 aromatic heterocycles. The molecule has 0 aromatic carbocycles. The molecule has 3 rings (SSSR count). The standard InChI is InChI=1S/C12H15N5S/c13-11-15-10(9-6-3-7-18-9)16-12(17-11)14-8-4-1-2-5-8/h3,6-8H,1-2,4-5H2,(H3,13,14,15,16,17). The van der Waals surface area contributed by atoms with Crippen LogP contribution in [0.2, 0.25) is 0 Å². The molecule has 0 amide bonds. The van der Waals surface area contributed by atoms with E-state index in [0.717, 1.165) is 4.88 Å². The SMILES string of the molecule is Nc1nc(NC2CCCC2)nc(-c2cccs2)n1. The molecule has 2 aromatic rings. The van der Waals surface area contributed by atoms with Crippen molar-refractivity contribution in [3.05, 3.63) is 17.5 Å². The van der Waals surface area contributed by atoms with Gasteiger partial charge in [0.05, 0.1) is 4.88 Å². The van der Waals surface area contributed by atoms with E-state index in [4.69, 9.17) is 5.73 Å². The van der Waals surface area contributed by atoms with Crippen LogP contribution < -0.4 is 11.1 Å². The van der Waals surface area contributed by atoms with Crippen molar-refractivity contribution in [2.75, 3.05) is 11.1 Å². The summed E-state index contributed by atoms with van der Waals surface area (Å²) in [5, 5.41) is 5.35. The van der Waals surface area contributed by atoms with Crippen LogP contribution in [-0.2, 0) is 0 Å². The Kier molecular flexibility index (Phi) is 3.10. The summed E-state index contributed by atoms with van der Waals surface area (Å²) in [6.45, 7) is 0. The third-order valence-electron chi connectivity index (χ3n) is 3.08. The van der Waals surface area contributed by atoms with Crippen molar-refractivity contribution >= 4 is 23.2 Å². The first-order valence-electron chi connectivity index (χ1n) is 6.13. The summed E-state index contributed by atoms with van der Waals surface area (Å²) in [5.41, 5.74) is 5.74. The average Bonchev–Trinajstić information content (AvgIpc) is 3.00. The zero-order valence-electron chi connectivity index (χ0n) is 9.97.